The first kappa shape index (κ1) is 8.35. The van der Waals surface area contributed by atoms with Crippen molar-refractivity contribution in [1.82, 2.24) is 9.97 Å². The van der Waals surface area contributed by atoms with E-state index in [-0.39, 0.29) is 0 Å². The molecule has 0 amide bonds. The van der Waals surface area contributed by atoms with Crippen LogP contribution in [0.1, 0.15) is 37.2 Å². The van der Waals surface area contributed by atoms with Gasteiger partial charge in [-0.25, -0.2) is 9.97 Å². The van der Waals surface area contributed by atoms with E-state index in [4.69, 9.17) is 0 Å². The average molecular weight is 176 g/mol. The molecule has 0 radical (unpaired) electrons. The molecule has 3 heteroatoms. The average Bonchev–Trinajstić information content (AvgIpc) is 2.19. The Balaban J connectivity index is 2.13. The summed E-state index contributed by atoms with van der Waals surface area (Å²) in [5.74, 6) is 0.738. The predicted octanol–water partition coefficient (Wildman–Crippen LogP) is 1.70. The van der Waals surface area contributed by atoms with Gasteiger partial charge in [0.25, 0.3) is 0 Å². The van der Waals surface area contributed by atoms with Gasteiger partial charge < -0.3 is 0 Å². The second-order valence-electron chi connectivity index (χ2n) is 3.50. The van der Waals surface area contributed by atoms with Crippen molar-refractivity contribution in [3.05, 3.63) is 24.3 Å². The van der Waals surface area contributed by atoms with Crippen molar-refractivity contribution in [2.75, 3.05) is 0 Å². The van der Waals surface area contributed by atoms with Crippen LogP contribution in [0.25, 0.3) is 0 Å². The predicted molar refractivity (Wildman–Crippen MR) is 48.2 cm³/mol. The van der Waals surface area contributed by atoms with E-state index in [9.17, 15) is 4.79 Å². The molecule has 0 spiro atoms. The number of hydrogen-bond donors (Lipinski definition) is 0. The summed E-state index contributed by atoms with van der Waals surface area (Å²) in [6, 6.07) is 0. The Bertz CT molecular complexity index is 297. The maximum absolute atomic E-state index is 11.2. The molecule has 0 saturated heterocycles. The monoisotopic (exact) mass is 176 g/mol. The maximum Gasteiger partial charge on any atom is 0.133 e. The molecule has 1 fully saturated rings. The number of Topliss-reactive ketones (excluding diaryl/α,β-unsaturated/α-hetero) is 1. The quantitative estimate of drug-likeness (QED) is 0.654. The minimum Gasteiger partial charge on any atom is -0.300 e. The van der Waals surface area contributed by atoms with Crippen molar-refractivity contribution in [3.63, 3.8) is 0 Å². The normalized spacial score (nSPS) is 23.1. The summed E-state index contributed by atoms with van der Waals surface area (Å²) in [5, 5.41) is 0. The fourth-order valence-corrected chi connectivity index (χ4v) is 1.83. The zero-order valence-corrected chi connectivity index (χ0v) is 7.44. The highest BCUT2D eigenvalue weighted by Gasteiger charge is 2.20. The van der Waals surface area contributed by atoms with E-state index >= 15 is 0 Å². The Labute approximate surface area is 77.2 Å². The Hall–Kier alpha value is -1.25. The van der Waals surface area contributed by atoms with Gasteiger partial charge in [0.05, 0.1) is 0 Å². The minimum atomic E-state index is 0.363. The third-order valence-corrected chi connectivity index (χ3v) is 2.53. The minimum absolute atomic E-state index is 0.363. The van der Waals surface area contributed by atoms with Crippen molar-refractivity contribution >= 4 is 5.78 Å². The summed E-state index contributed by atoms with van der Waals surface area (Å²) in [4.78, 5) is 19.1. The Morgan fingerprint density at radius 2 is 2.08 bits per heavy atom. The molecule has 1 saturated carbocycles. The summed E-state index contributed by atoms with van der Waals surface area (Å²) in [6.07, 6.45) is 8.69. The summed E-state index contributed by atoms with van der Waals surface area (Å²) in [6.45, 7) is 0. The molecule has 68 valence electrons. The van der Waals surface area contributed by atoms with Crippen molar-refractivity contribution in [3.8, 4) is 0 Å². The van der Waals surface area contributed by atoms with Gasteiger partial charge in [0.2, 0.25) is 0 Å². The molecule has 0 bridgehead atoms. The van der Waals surface area contributed by atoms with Gasteiger partial charge in [0.15, 0.2) is 0 Å². The van der Waals surface area contributed by atoms with Crippen molar-refractivity contribution in [1.29, 1.82) is 0 Å². The third kappa shape index (κ3) is 1.91. The van der Waals surface area contributed by atoms with Crippen LogP contribution in [0.15, 0.2) is 18.7 Å². The van der Waals surface area contributed by atoms with E-state index in [1.165, 1.54) is 6.33 Å². The number of ketones is 1. The molecular formula is C10H12N2O. The van der Waals surface area contributed by atoms with Crippen LogP contribution in [0.5, 0.6) is 0 Å². The second kappa shape index (κ2) is 3.64. The van der Waals surface area contributed by atoms with Gasteiger partial charge >= 0.3 is 0 Å². The Morgan fingerprint density at radius 1 is 1.31 bits per heavy atom. The SMILES string of the molecule is O=C1CCCC(c2cncnc2)C1. The highest BCUT2D eigenvalue weighted by atomic mass is 16.1. The van der Waals surface area contributed by atoms with Crippen molar-refractivity contribution in [2.24, 2.45) is 0 Å². The summed E-state index contributed by atoms with van der Waals surface area (Å²) < 4.78 is 0. The topological polar surface area (TPSA) is 42.9 Å². The molecule has 3 nitrogen and oxygen atoms in total. The standard InChI is InChI=1S/C10H12N2O/c13-10-3-1-2-8(4-10)9-5-11-7-12-6-9/h5-8H,1-4H2. The van der Waals surface area contributed by atoms with Gasteiger partial charge in [0, 0.05) is 25.2 Å². The van der Waals surface area contributed by atoms with Gasteiger partial charge in [-0.3, -0.25) is 4.79 Å². The molecule has 2 rings (SSSR count). The molecular weight excluding hydrogens is 164 g/mol. The zero-order chi connectivity index (χ0) is 9.10. The van der Waals surface area contributed by atoms with Crippen LogP contribution >= 0.6 is 0 Å². The largest absolute Gasteiger partial charge is 0.300 e. The first-order valence-corrected chi connectivity index (χ1v) is 4.63. The molecule has 0 aliphatic heterocycles. The Morgan fingerprint density at radius 3 is 2.77 bits per heavy atom. The van der Waals surface area contributed by atoms with Gasteiger partial charge in [-0.05, 0) is 24.3 Å². The number of nitrogens with zero attached hydrogens (tertiary/aromatic N) is 2. The number of rotatable bonds is 1. The molecule has 1 aliphatic carbocycles. The molecule has 1 heterocycles. The summed E-state index contributed by atoms with van der Waals surface area (Å²) in [5.41, 5.74) is 1.11. The molecule has 0 N–H and O–H groups in total. The van der Waals surface area contributed by atoms with E-state index in [2.05, 4.69) is 9.97 Å². The van der Waals surface area contributed by atoms with E-state index in [0.29, 0.717) is 18.1 Å². The number of aromatic nitrogens is 2. The molecule has 1 aliphatic rings. The first-order valence-electron chi connectivity index (χ1n) is 4.63. The molecule has 13 heavy (non-hydrogen) atoms. The van der Waals surface area contributed by atoms with Crippen LogP contribution in [0.4, 0.5) is 0 Å². The van der Waals surface area contributed by atoms with Crippen LogP contribution in [0, 0.1) is 0 Å². The lowest BCUT2D eigenvalue weighted by molar-refractivity contribution is -0.120. The van der Waals surface area contributed by atoms with Crippen molar-refractivity contribution < 1.29 is 4.79 Å². The van der Waals surface area contributed by atoms with E-state index in [1.807, 2.05) is 12.4 Å². The molecule has 1 aromatic rings. The van der Waals surface area contributed by atoms with E-state index in [1.54, 1.807) is 0 Å². The molecule has 1 atom stereocenters. The summed E-state index contributed by atoms with van der Waals surface area (Å²) in [7, 11) is 0. The third-order valence-electron chi connectivity index (χ3n) is 2.53. The Kier molecular flexibility index (Phi) is 2.34. The first-order chi connectivity index (χ1) is 6.36. The van der Waals surface area contributed by atoms with Crippen LogP contribution in [0.3, 0.4) is 0 Å². The van der Waals surface area contributed by atoms with E-state index in [0.717, 1.165) is 24.8 Å². The fraction of sp³-hybridized carbons (Fsp3) is 0.500. The lowest BCUT2D eigenvalue weighted by Gasteiger charge is -2.19. The zero-order valence-electron chi connectivity index (χ0n) is 7.44. The smallest absolute Gasteiger partial charge is 0.133 e. The second-order valence-corrected chi connectivity index (χ2v) is 3.50. The molecule has 0 aromatic carbocycles. The van der Waals surface area contributed by atoms with Gasteiger partial charge in [-0.2, -0.15) is 0 Å². The summed E-state index contributed by atoms with van der Waals surface area (Å²) >= 11 is 0. The molecule has 1 unspecified atom stereocenters. The van der Waals surface area contributed by atoms with E-state index < -0.39 is 0 Å². The lowest BCUT2D eigenvalue weighted by Crippen LogP contribution is -2.13. The van der Waals surface area contributed by atoms with Crippen molar-refractivity contribution in [2.45, 2.75) is 31.6 Å². The lowest BCUT2D eigenvalue weighted by atomic mass is 9.85. The van der Waals surface area contributed by atoms with Crippen LogP contribution in [-0.2, 0) is 4.79 Å². The highest BCUT2D eigenvalue weighted by molar-refractivity contribution is 5.80. The van der Waals surface area contributed by atoms with Crippen LogP contribution in [-0.4, -0.2) is 15.8 Å². The van der Waals surface area contributed by atoms with Gasteiger partial charge in [-0.1, -0.05) is 0 Å². The maximum atomic E-state index is 11.2. The number of carbonyl (C=O) groups is 1. The van der Waals surface area contributed by atoms with Crippen LogP contribution < -0.4 is 0 Å². The van der Waals surface area contributed by atoms with Gasteiger partial charge in [0.1, 0.15) is 12.1 Å². The molecule has 1 aromatic heterocycles. The number of carbonyl (C=O) groups excluding carboxylic acids is 1. The highest BCUT2D eigenvalue weighted by Crippen LogP contribution is 2.29. The fourth-order valence-electron chi connectivity index (χ4n) is 1.83. The van der Waals surface area contributed by atoms with Gasteiger partial charge in [-0.15, -0.1) is 0 Å². The van der Waals surface area contributed by atoms with Crippen LogP contribution in [0.2, 0.25) is 0 Å². The number of hydrogen-bond acceptors (Lipinski definition) is 3.